The van der Waals surface area contributed by atoms with Gasteiger partial charge in [-0.05, 0) is 69.9 Å². The van der Waals surface area contributed by atoms with Crippen molar-refractivity contribution in [3.05, 3.63) is 84.3 Å². The van der Waals surface area contributed by atoms with Gasteiger partial charge in [-0.15, -0.1) is 0 Å². The van der Waals surface area contributed by atoms with E-state index in [0.717, 1.165) is 24.0 Å². The number of ether oxygens (including phenoxy) is 2. The van der Waals surface area contributed by atoms with Crippen molar-refractivity contribution in [2.24, 2.45) is 11.3 Å². The number of aliphatic hydroxyl groups excluding tert-OH is 1. The van der Waals surface area contributed by atoms with E-state index in [1.54, 1.807) is 45.4 Å². The van der Waals surface area contributed by atoms with E-state index >= 15 is 0 Å². The molecule has 1 saturated heterocycles. The molecule has 1 aliphatic rings. The van der Waals surface area contributed by atoms with Crippen LogP contribution in [-0.2, 0) is 30.5 Å². The van der Waals surface area contributed by atoms with E-state index in [1.165, 1.54) is 6.33 Å². The Morgan fingerprint density at radius 3 is 2.12 bits per heavy atom. The van der Waals surface area contributed by atoms with E-state index in [-0.39, 0.29) is 30.4 Å². The van der Waals surface area contributed by atoms with Crippen molar-refractivity contribution in [1.82, 2.24) is 25.1 Å². The Morgan fingerprint density at radius 1 is 0.922 bits per heavy atom. The Hall–Kier alpha value is -4.10. The Morgan fingerprint density at radius 2 is 1.53 bits per heavy atom. The number of carbonyl (C=O) groups excluding carboxylic acids is 3. The molecule has 1 aromatic heterocycles. The molecule has 0 saturated carbocycles. The molecule has 12 nitrogen and oxygen atoms in total. The van der Waals surface area contributed by atoms with Gasteiger partial charge in [-0.2, -0.15) is 0 Å². The lowest BCUT2D eigenvalue weighted by molar-refractivity contribution is -0.192. The first-order valence-electron chi connectivity index (χ1n) is 17.7. The highest BCUT2D eigenvalue weighted by atomic mass is 16.6. The fourth-order valence-corrected chi connectivity index (χ4v) is 6.10. The molecule has 0 radical (unpaired) electrons. The molecule has 4 rings (SSSR count). The number of aliphatic hydroxyl groups is 1. The van der Waals surface area contributed by atoms with Crippen LogP contribution in [0.2, 0.25) is 0 Å². The maximum atomic E-state index is 14.1. The summed E-state index contributed by atoms with van der Waals surface area (Å²) in [6, 6.07) is 17.2. The number of aromatic nitrogens is 2. The third-order valence-corrected chi connectivity index (χ3v) is 9.07. The second-order valence-corrected chi connectivity index (χ2v) is 15.9. The van der Waals surface area contributed by atoms with Crippen molar-refractivity contribution in [3.8, 4) is 0 Å². The standard InChI is InChI=1S/C39H56N6O6/c1-37(2,3)29-19-21-44(22-20-29)34(47)32(28-17-13-10-14-18-28)45-23-31(40-26-45)42-33(46)30(25-50-24-27-15-11-9-12-16-27)41-35(48)39(7,8)43-36(49)51-38(4,5)6/h9-18,23,26,29-30,32,36,43,49H,19-22,24-25H2,1-8H3,(H,41,48)(H,42,46)/t30-,32?,36?/m1/s1. The Kier molecular flexibility index (Phi) is 13.2. The normalized spacial score (nSPS) is 16.3. The van der Waals surface area contributed by atoms with Crippen LogP contribution in [0, 0.1) is 11.3 Å². The number of piperidine rings is 1. The fourth-order valence-electron chi connectivity index (χ4n) is 6.10. The Bertz CT molecular complexity index is 1570. The highest BCUT2D eigenvalue weighted by Crippen LogP contribution is 2.35. The molecular weight excluding hydrogens is 648 g/mol. The molecule has 0 bridgehead atoms. The van der Waals surface area contributed by atoms with Crippen molar-refractivity contribution in [2.75, 3.05) is 25.0 Å². The maximum absolute atomic E-state index is 14.1. The molecule has 3 amide bonds. The molecule has 12 heteroatoms. The fraction of sp³-hybridized carbons (Fsp3) is 0.538. The average Bonchev–Trinajstić information content (AvgIpc) is 3.51. The van der Waals surface area contributed by atoms with Crippen molar-refractivity contribution < 1.29 is 29.0 Å². The number of anilines is 1. The van der Waals surface area contributed by atoms with Crippen LogP contribution in [0.25, 0.3) is 0 Å². The molecule has 1 fully saturated rings. The molecule has 2 heterocycles. The van der Waals surface area contributed by atoms with E-state index < -0.39 is 41.5 Å². The first-order chi connectivity index (χ1) is 23.9. The number of carbonyl (C=O) groups is 3. The summed E-state index contributed by atoms with van der Waals surface area (Å²) in [5.74, 6) is -0.390. The highest BCUT2D eigenvalue weighted by Gasteiger charge is 2.36. The van der Waals surface area contributed by atoms with Gasteiger partial charge in [0.1, 0.15) is 12.1 Å². The predicted octanol–water partition coefficient (Wildman–Crippen LogP) is 4.86. The van der Waals surface area contributed by atoms with Crippen molar-refractivity contribution >= 4 is 23.5 Å². The lowest BCUT2D eigenvalue weighted by Crippen LogP contribution is -2.61. The summed E-state index contributed by atoms with van der Waals surface area (Å²) in [5.41, 5.74) is -0.0882. The number of hydrogen-bond donors (Lipinski definition) is 4. The summed E-state index contributed by atoms with van der Waals surface area (Å²) in [6.07, 6.45) is 3.62. The van der Waals surface area contributed by atoms with Crippen LogP contribution in [-0.4, -0.2) is 80.6 Å². The van der Waals surface area contributed by atoms with E-state index in [9.17, 15) is 19.5 Å². The first kappa shape index (κ1) is 39.7. The van der Waals surface area contributed by atoms with Gasteiger partial charge in [0.2, 0.25) is 18.2 Å². The number of hydrogen-bond acceptors (Lipinski definition) is 8. The van der Waals surface area contributed by atoms with Gasteiger partial charge < -0.3 is 34.7 Å². The minimum absolute atomic E-state index is 0.0318. The summed E-state index contributed by atoms with van der Waals surface area (Å²) in [6.45, 7) is 16.7. The van der Waals surface area contributed by atoms with Gasteiger partial charge in [0, 0.05) is 19.3 Å². The van der Waals surface area contributed by atoms with Crippen LogP contribution in [0.5, 0.6) is 0 Å². The molecule has 3 atom stereocenters. The van der Waals surface area contributed by atoms with Crippen LogP contribution < -0.4 is 16.0 Å². The lowest BCUT2D eigenvalue weighted by Gasteiger charge is -2.40. The van der Waals surface area contributed by atoms with Crippen LogP contribution in [0.4, 0.5) is 5.82 Å². The Balaban J connectivity index is 1.50. The third kappa shape index (κ3) is 11.7. The number of benzene rings is 2. The molecule has 3 aromatic rings. The molecule has 4 N–H and O–H groups in total. The molecule has 2 aromatic carbocycles. The van der Waals surface area contributed by atoms with E-state index in [4.69, 9.17) is 9.47 Å². The zero-order chi connectivity index (χ0) is 37.4. The van der Waals surface area contributed by atoms with E-state index in [2.05, 4.69) is 41.7 Å². The van der Waals surface area contributed by atoms with Crippen molar-refractivity contribution in [3.63, 3.8) is 0 Å². The van der Waals surface area contributed by atoms with Crippen LogP contribution in [0.3, 0.4) is 0 Å². The second kappa shape index (κ2) is 16.9. The summed E-state index contributed by atoms with van der Waals surface area (Å²) < 4.78 is 13.1. The molecule has 0 aliphatic carbocycles. The third-order valence-electron chi connectivity index (χ3n) is 9.07. The first-order valence-corrected chi connectivity index (χ1v) is 17.7. The molecule has 278 valence electrons. The molecule has 2 unspecified atom stereocenters. The molecule has 1 aliphatic heterocycles. The average molecular weight is 705 g/mol. The van der Waals surface area contributed by atoms with Crippen LogP contribution >= 0.6 is 0 Å². The number of imidazole rings is 1. The summed E-state index contributed by atoms with van der Waals surface area (Å²) in [4.78, 5) is 47.7. The molecular formula is C39H56N6O6. The van der Waals surface area contributed by atoms with Gasteiger partial charge >= 0.3 is 0 Å². The minimum atomic E-state index is -1.43. The summed E-state index contributed by atoms with van der Waals surface area (Å²) in [7, 11) is 0. The lowest BCUT2D eigenvalue weighted by atomic mass is 9.75. The molecule has 51 heavy (non-hydrogen) atoms. The minimum Gasteiger partial charge on any atom is -0.374 e. The number of amides is 3. The number of rotatable bonds is 14. The second-order valence-electron chi connectivity index (χ2n) is 15.9. The van der Waals surface area contributed by atoms with Crippen LogP contribution in [0.15, 0.2) is 73.2 Å². The Labute approximate surface area is 302 Å². The summed E-state index contributed by atoms with van der Waals surface area (Å²) in [5, 5.41) is 18.7. The number of nitrogens with zero attached hydrogens (tertiary/aromatic N) is 3. The summed E-state index contributed by atoms with van der Waals surface area (Å²) >= 11 is 0. The zero-order valence-corrected chi connectivity index (χ0v) is 31.3. The smallest absolute Gasteiger partial charge is 0.250 e. The van der Waals surface area contributed by atoms with Crippen molar-refractivity contribution in [1.29, 1.82) is 0 Å². The van der Waals surface area contributed by atoms with Gasteiger partial charge in [0.05, 0.1) is 30.7 Å². The van der Waals surface area contributed by atoms with Crippen molar-refractivity contribution in [2.45, 2.75) is 104 Å². The van der Waals surface area contributed by atoms with E-state index in [1.807, 2.05) is 65.6 Å². The van der Waals surface area contributed by atoms with Gasteiger partial charge in [0.25, 0.3) is 5.91 Å². The predicted molar refractivity (Wildman–Crippen MR) is 196 cm³/mol. The number of likely N-dealkylation sites (tertiary alicyclic amines) is 1. The topological polar surface area (TPSA) is 147 Å². The van der Waals surface area contributed by atoms with Gasteiger partial charge in [0.15, 0.2) is 5.82 Å². The maximum Gasteiger partial charge on any atom is 0.250 e. The SMILES string of the molecule is CC(C)(C)OC(O)NC(C)(C)C(=O)N[C@H](COCc1ccccc1)C(=O)Nc1cn(C(C(=O)N2CCC(C(C)(C)C)CC2)c2ccccc2)cn1. The van der Waals surface area contributed by atoms with E-state index in [0.29, 0.717) is 19.0 Å². The number of nitrogens with one attached hydrogen (secondary N) is 3. The quantitative estimate of drug-likeness (QED) is 0.174. The molecule has 0 spiro atoms. The van der Waals surface area contributed by atoms with Gasteiger partial charge in [-0.25, -0.2) is 4.98 Å². The van der Waals surface area contributed by atoms with Gasteiger partial charge in [-0.1, -0.05) is 81.4 Å². The monoisotopic (exact) mass is 704 g/mol. The zero-order valence-electron chi connectivity index (χ0n) is 31.3. The largest absolute Gasteiger partial charge is 0.374 e. The highest BCUT2D eigenvalue weighted by molar-refractivity contribution is 5.98. The van der Waals surface area contributed by atoms with Crippen LogP contribution in [0.1, 0.15) is 85.4 Å². The van der Waals surface area contributed by atoms with Gasteiger partial charge in [-0.3, -0.25) is 19.7 Å².